The molecule has 168 valence electrons. The van der Waals surface area contributed by atoms with Crippen LogP contribution in [-0.2, 0) is 14.3 Å². The number of alkyl halides is 1. The van der Waals surface area contributed by atoms with E-state index in [4.69, 9.17) is 4.74 Å². The fourth-order valence-electron chi connectivity index (χ4n) is 7.90. The molecule has 0 aromatic carbocycles. The minimum Gasteiger partial charge on any atom is -0.390 e. The van der Waals surface area contributed by atoms with Crippen molar-refractivity contribution in [1.82, 2.24) is 0 Å². The average Bonchev–Trinajstić information content (AvgIpc) is 2.89. The topological polar surface area (TPSA) is 63.6 Å². The highest BCUT2D eigenvalue weighted by molar-refractivity contribution is 5.92. The van der Waals surface area contributed by atoms with Crippen LogP contribution in [0.2, 0.25) is 0 Å². The van der Waals surface area contributed by atoms with E-state index in [1.807, 2.05) is 34.6 Å². The predicted molar refractivity (Wildman–Crippen MR) is 113 cm³/mol. The zero-order valence-electron chi connectivity index (χ0n) is 19.3. The molecule has 0 aromatic rings. The Hall–Kier alpha value is -1.07. The summed E-state index contributed by atoms with van der Waals surface area (Å²) in [6.45, 7) is 11.4. The second-order valence-corrected chi connectivity index (χ2v) is 11.8. The third kappa shape index (κ3) is 2.63. The molecule has 7 unspecified atom stereocenters. The summed E-state index contributed by atoms with van der Waals surface area (Å²) in [5, 5.41) is 11.4. The average molecular weight is 421 g/mol. The molecule has 0 radical (unpaired) electrons. The molecule has 0 amide bonds. The first-order valence-corrected chi connectivity index (χ1v) is 11.5. The summed E-state index contributed by atoms with van der Waals surface area (Å²) in [5.41, 5.74) is -3.88. The van der Waals surface area contributed by atoms with Gasteiger partial charge in [-0.3, -0.25) is 9.59 Å². The lowest BCUT2D eigenvalue weighted by Crippen LogP contribution is -2.70. The van der Waals surface area contributed by atoms with Gasteiger partial charge in [-0.15, -0.1) is 0 Å². The molecule has 30 heavy (non-hydrogen) atoms. The van der Waals surface area contributed by atoms with Crippen molar-refractivity contribution in [1.29, 1.82) is 0 Å². The number of ketones is 2. The van der Waals surface area contributed by atoms with Crippen molar-refractivity contribution < 1.29 is 23.8 Å². The van der Waals surface area contributed by atoms with E-state index in [-0.39, 0.29) is 29.8 Å². The van der Waals surface area contributed by atoms with Crippen molar-refractivity contribution in [2.45, 2.75) is 109 Å². The van der Waals surface area contributed by atoms with Gasteiger partial charge in [0.25, 0.3) is 0 Å². The summed E-state index contributed by atoms with van der Waals surface area (Å²) < 4.78 is 23.6. The molecule has 4 aliphatic carbocycles. The van der Waals surface area contributed by atoms with Gasteiger partial charge in [0, 0.05) is 23.2 Å². The summed E-state index contributed by atoms with van der Waals surface area (Å²) in [6.07, 6.45) is 4.01. The van der Waals surface area contributed by atoms with E-state index < -0.39 is 33.8 Å². The van der Waals surface area contributed by atoms with Crippen LogP contribution in [0, 0.1) is 22.7 Å². The van der Waals surface area contributed by atoms with Crippen LogP contribution < -0.4 is 0 Å². The monoisotopic (exact) mass is 420 g/mol. The molecule has 0 heterocycles. The van der Waals surface area contributed by atoms with Crippen LogP contribution in [0.1, 0.15) is 86.5 Å². The van der Waals surface area contributed by atoms with Gasteiger partial charge in [-0.25, -0.2) is 4.39 Å². The number of Topliss-reactive ketones (excluding diaryl/α,β-unsaturated/α-hetero) is 1. The molecular weight excluding hydrogens is 383 g/mol. The number of carbonyl (C=O) groups excluding carboxylic acids is 2. The largest absolute Gasteiger partial charge is 0.390 e. The minimum atomic E-state index is -1.78. The van der Waals surface area contributed by atoms with Gasteiger partial charge in [0.1, 0.15) is 11.3 Å². The van der Waals surface area contributed by atoms with Crippen molar-refractivity contribution in [2.24, 2.45) is 22.7 Å². The SMILES string of the molecule is CC(=O)C1(OC(C)(C)C)CCC2C3CCC4=CC(=O)CCC4(C)C3(F)C(O)CC21C. The van der Waals surface area contributed by atoms with Gasteiger partial charge in [0.15, 0.2) is 11.6 Å². The lowest BCUT2D eigenvalue weighted by molar-refractivity contribution is -0.246. The normalized spacial score (nSPS) is 48.5. The Bertz CT molecular complexity index is 812. The fraction of sp³-hybridized carbons (Fsp3) is 0.840. The van der Waals surface area contributed by atoms with Crippen molar-refractivity contribution in [3.63, 3.8) is 0 Å². The van der Waals surface area contributed by atoms with Crippen LogP contribution >= 0.6 is 0 Å². The number of fused-ring (bicyclic) bond motifs is 5. The number of hydrogen-bond acceptors (Lipinski definition) is 4. The lowest BCUT2D eigenvalue weighted by Gasteiger charge is -2.64. The highest BCUT2D eigenvalue weighted by Crippen LogP contribution is 2.71. The number of hydrogen-bond donors (Lipinski definition) is 1. The first-order valence-electron chi connectivity index (χ1n) is 11.5. The molecule has 3 saturated carbocycles. The van der Waals surface area contributed by atoms with Crippen LogP contribution in [0.3, 0.4) is 0 Å². The highest BCUT2D eigenvalue weighted by Gasteiger charge is 2.74. The molecule has 0 spiro atoms. The minimum absolute atomic E-state index is 0.0214. The Morgan fingerprint density at radius 1 is 1.17 bits per heavy atom. The van der Waals surface area contributed by atoms with Gasteiger partial charge in [-0.2, -0.15) is 0 Å². The number of halogens is 1. The van der Waals surface area contributed by atoms with E-state index in [0.717, 1.165) is 12.0 Å². The summed E-state index contributed by atoms with van der Waals surface area (Å²) >= 11 is 0. The molecule has 3 fully saturated rings. The number of allylic oxidation sites excluding steroid dienone is 1. The molecule has 0 aromatic heterocycles. The smallest absolute Gasteiger partial charge is 0.162 e. The first-order chi connectivity index (χ1) is 13.7. The van der Waals surface area contributed by atoms with Gasteiger partial charge in [0.05, 0.1) is 11.7 Å². The third-order valence-corrected chi connectivity index (χ3v) is 9.21. The Morgan fingerprint density at radius 2 is 1.83 bits per heavy atom. The van der Waals surface area contributed by atoms with Crippen LogP contribution in [0.5, 0.6) is 0 Å². The van der Waals surface area contributed by atoms with E-state index in [1.54, 1.807) is 13.0 Å². The number of aliphatic hydroxyl groups excluding tert-OH is 1. The molecule has 4 aliphatic rings. The first kappa shape index (κ1) is 22.1. The molecule has 5 heteroatoms. The molecular formula is C25H37FO4. The van der Waals surface area contributed by atoms with Crippen LogP contribution in [0.15, 0.2) is 11.6 Å². The molecule has 7 atom stereocenters. The van der Waals surface area contributed by atoms with Gasteiger partial charge in [0.2, 0.25) is 0 Å². The van der Waals surface area contributed by atoms with Crippen molar-refractivity contribution >= 4 is 11.6 Å². The standard InChI is InChI=1S/C25H37FO4/c1-15(27)24(30-21(2,3)4)12-10-18-19-8-7-16-13-17(28)9-11-22(16,5)25(19,26)20(29)14-23(18,24)6/h13,18-20,29H,7-12,14H2,1-6H3. The van der Waals surface area contributed by atoms with Crippen molar-refractivity contribution in [3.8, 4) is 0 Å². The molecule has 4 rings (SSSR count). The van der Waals surface area contributed by atoms with Crippen LogP contribution in [-0.4, -0.2) is 39.6 Å². The van der Waals surface area contributed by atoms with E-state index in [1.165, 1.54) is 0 Å². The Balaban J connectivity index is 1.81. The molecule has 1 N–H and O–H groups in total. The molecule has 0 aliphatic heterocycles. The highest BCUT2D eigenvalue weighted by atomic mass is 19.1. The predicted octanol–water partition coefficient (Wildman–Crippen LogP) is 4.72. The maximum atomic E-state index is 17.1. The molecule has 0 bridgehead atoms. The zero-order valence-corrected chi connectivity index (χ0v) is 19.3. The van der Waals surface area contributed by atoms with Gasteiger partial charge in [-0.05, 0) is 78.2 Å². The van der Waals surface area contributed by atoms with E-state index in [9.17, 15) is 14.7 Å². The second kappa shape index (κ2) is 6.48. The van der Waals surface area contributed by atoms with E-state index in [2.05, 4.69) is 0 Å². The van der Waals surface area contributed by atoms with E-state index >= 15 is 4.39 Å². The summed E-state index contributed by atoms with van der Waals surface area (Å²) in [5.74, 6) is -0.332. The second-order valence-electron chi connectivity index (χ2n) is 11.8. The van der Waals surface area contributed by atoms with Crippen LogP contribution in [0.4, 0.5) is 4.39 Å². The van der Waals surface area contributed by atoms with Crippen molar-refractivity contribution in [2.75, 3.05) is 0 Å². The zero-order chi connectivity index (χ0) is 22.3. The summed E-state index contributed by atoms with van der Waals surface area (Å²) in [6, 6.07) is 0. The summed E-state index contributed by atoms with van der Waals surface area (Å²) in [7, 11) is 0. The Labute approximate surface area is 179 Å². The number of rotatable bonds is 2. The molecule has 0 saturated heterocycles. The lowest BCUT2D eigenvalue weighted by atomic mass is 9.44. The Morgan fingerprint density at radius 3 is 2.43 bits per heavy atom. The maximum Gasteiger partial charge on any atom is 0.162 e. The van der Waals surface area contributed by atoms with E-state index in [0.29, 0.717) is 32.1 Å². The van der Waals surface area contributed by atoms with Crippen molar-refractivity contribution in [3.05, 3.63) is 11.6 Å². The van der Waals surface area contributed by atoms with Crippen LogP contribution in [0.25, 0.3) is 0 Å². The van der Waals surface area contributed by atoms with Gasteiger partial charge >= 0.3 is 0 Å². The molecule has 4 nitrogen and oxygen atoms in total. The quantitative estimate of drug-likeness (QED) is 0.702. The Kier molecular flexibility index (Phi) is 4.78. The summed E-state index contributed by atoms with van der Waals surface area (Å²) in [4.78, 5) is 25.0. The number of ether oxygens (including phenoxy) is 1. The number of aliphatic hydroxyl groups is 1. The van der Waals surface area contributed by atoms with Gasteiger partial charge in [-0.1, -0.05) is 19.4 Å². The third-order valence-electron chi connectivity index (χ3n) is 9.21. The number of carbonyl (C=O) groups is 2. The fourth-order valence-corrected chi connectivity index (χ4v) is 7.90. The van der Waals surface area contributed by atoms with Gasteiger partial charge < -0.3 is 9.84 Å². The maximum absolute atomic E-state index is 17.1.